The van der Waals surface area contributed by atoms with Crippen LogP contribution in [0.25, 0.3) is 0 Å². The van der Waals surface area contributed by atoms with Gasteiger partial charge in [-0.25, -0.2) is 4.79 Å². The maximum absolute atomic E-state index is 11.6. The largest absolute Gasteiger partial charge is 0.449 e. The molecule has 0 radical (unpaired) electrons. The molecule has 0 aliphatic heterocycles. The second-order valence-corrected chi connectivity index (χ2v) is 5.49. The predicted molar refractivity (Wildman–Crippen MR) is 91.3 cm³/mol. The zero-order valence-corrected chi connectivity index (χ0v) is 14.0. The van der Waals surface area contributed by atoms with Crippen molar-refractivity contribution < 1.29 is 14.3 Å². The van der Waals surface area contributed by atoms with Crippen molar-refractivity contribution in [3.8, 4) is 0 Å². The first-order chi connectivity index (χ1) is 11.2. The minimum absolute atomic E-state index is 0.0425. The summed E-state index contributed by atoms with van der Waals surface area (Å²) in [5.41, 5.74) is 1.11. The molecule has 0 heterocycles. The van der Waals surface area contributed by atoms with Crippen LogP contribution in [-0.4, -0.2) is 31.7 Å². The van der Waals surface area contributed by atoms with Crippen molar-refractivity contribution >= 4 is 12.0 Å². The molecule has 2 N–H and O–H groups in total. The summed E-state index contributed by atoms with van der Waals surface area (Å²) in [5, 5.41) is 5.24. The first kappa shape index (κ1) is 19.0. The molecule has 0 spiro atoms. The van der Waals surface area contributed by atoms with Gasteiger partial charge >= 0.3 is 6.09 Å². The number of ether oxygens (including phenoxy) is 1. The Kier molecular flexibility index (Phi) is 10.3. The van der Waals surface area contributed by atoms with E-state index >= 15 is 0 Å². The molecule has 0 aliphatic rings. The quantitative estimate of drug-likeness (QED) is 0.616. The van der Waals surface area contributed by atoms with Crippen molar-refractivity contribution in [2.45, 2.75) is 45.4 Å². The summed E-state index contributed by atoms with van der Waals surface area (Å²) in [6.45, 7) is 3.09. The molecular formula is C18H28N2O3. The molecule has 2 amide bonds. The Morgan fingerprint density at radius 3 is 2.48 bits per heavy atom. The SMILES string of the molecule is CCCCCCCNC(=O)CNC(=O)OCCc1ccccc1. The van der Waals surface area contributed by atoms with Crippen molar-refractivity contribution in [2.75, 3.05) is 19.7 Å². The number of amides is 2. The normalized spacial score (nSPS) is 10.1. The molecular weight excluding hydrogens is 292 g/mol. The zero-order chi connectivity index (χ0) is 16.8. The summed E-state index contributed by atoms with van der Waals surface area (Å²) in [7, 11) is 0. The predicted octanol–water partition coefficient (Wildman–Crippen LogP) is 3.04. The number of benzene rings is 1. The van der Waals surface area contributed by atoms with Crippen LogP contribution in [0.4, 0.5) is 4.79 Å². The minimum Gasteiger partial charge on any atom is -0.449 e. The van der Waals surface area contributed by atoms with Crippen LogP contribution >= 0.6 is 0 Å². The zero-order valence-electron chi connectivity index (χ0n) is 14.0. The average Bonchev–Trinajstić information content (AvgIpc) is 2.57. The Morgan fingerprint density at radius 1 is 1.00 bits per heavy atom. The molecule has 0 bridgehead atoms. The van der Waals surface area contributed by atoms with Crippen molar-refractivity contribution in [2.24, 2.45) is 0 Å². The van der Waals surface area contributed by atoms with Gasteiger partial charge in [0.15, 0.2) is 0 Å². The van der Waals surface area contributed by atoms with Gasteiger partial charge in [0.05, 0.1) is 13.2 Å². The molecule has 1 aromatic carbocycles. The van der Waals surface area contributed by atoms with E-state index in [1.807, 2.05) is 30.3 Å². The van der Waals surface area contributed by atoms with Gasteiger partial charge in [0.25, 0.3) is 0 Å². The van der Waals surface area contributed by atoms with Crippen LogP contribution in [-0.2, 0) is 16.0 Å². The molecule has 0 aliphatic carbocycles. The second-order valence-electron chi connectivity index (χ2n) is 5.49. The fraction of sp³-hybridized carbons (Fsp3) is 0.556. The third-order valence-corrected chi connectivity index (χ3v) is 3.46. The van der Waals surface area contributed by atoms with Crippen LogP contribution in [0.1, 0.15) is 44.6 Å². The molecule has 23 heavy (non-hydrogen) atoms. The van der Waals surface area contributed by atoms with Gasteiger partial charge in [-0.2, -0.15) is 0 Å². The lowest BCUT2D eigenvalue weighted by atomic mass is 10.1. The Bertz CT molecular complexity index is 449. The highest BCUT2D eigenvalue weighted by atomic mass is 16.5. The molecule has 128 valence electrons. The van der Waals surface area contributed by atoms with Gasteiger partial charge in [-0.05, 0) is 12.0 Å². The lowest BCUT2D eigenvalue weighted by Gasteiger charge is -2.08. The third-order valence-electron chi connectivity index (χ3n) is 3.46. The molecule has 5 heteroatoms. The summed E-state index contributed by atoms with van der Waals surface area (Å²) in [4.78, 5) is 23.0. The summed E-state index contributed by atoms with van der Waals surface area (Å²) in [6.07, 6.45) is 5.87. The molecule has 5 nitrogen and oxygen atoms in total. The number of unbranched alkanes of at least 4 members (excludes halogenated alkanes) is 4. The number of hydrogen-bond donors (Lipinski definition) is 2. The Morgan fingerprint density at radius 2 is 1.74 bits per heavy atom. The van der Waals surface area contributed by atoms with E-state index in [0.29, 0.717) is 19.6 Å². The number of nitrogens with one attached hydrogen (secondary N) is 2. The average molecular weight is 320 g/mol. The number of rotatable bonds is 11. The fourth-order valence-electron chi connectivity index (χ4n) is 2.13. The third kappa shape index (κ3) is 10.3. The molecule has 0 aromatic heterocycles. The van der Waals surface area contributed by atoms with Crippen LogP contribution in [0, 0.1) is 0 Å². The molecule has 1 rings (SSSR count). The smallest absolute Gasteiger partial charge is 0.407 e. The number of carbonyl (C=O) groups is 2. The summed E-state index contributed by atoms with van der Waals surface area (Å²) in [6, 6.07) is 9.80. The maximum Gasteiger partial charge on any atom is 0.407 e. The molecule has 0 atom stereocenters. The van der Waals surface area contributed by atoms with E-state index in [2.05, 4.69) is 17.6 Å². The van der Waals surface area contributed by atoms with Crippen LogP contribution in [0.5, 0.6) is 0 Å². The highest BCUT2D eigenvalue weighted by Crippen LogP contribution is 2.01. The second kappa shape index (κ2) is 12.5. The molecule has 0 fully saturated rings. The lowest BCUT2D eigenvalue weighted by molar-refractivity contribution is -0.120. The molecule has 1 aromatic rings. The van der Waals surface area contributed by atoms with Gasteiger partial charge < -0.3 is 15.4 Å². The van der Waals surface area contributed by atoms with Gasteiger partial charge in [0, 0.05) is 13.0 Å². The van der Waals surface area contributed by atoms with E-state index in [0.717, 1.165) is 18.4 Å². The minimum atomic E-state index is -0.556. The molecule has 0 saturated heterocycles. The van der Waals surface area contributed by atoms with Crippen LogP contribution in [0.15, 0.2) is 30.3 Å². The lowest BCUT2D eigenvalue weighted by Crippen LogP contribution is -2.37. The number of alkyl carbamates (subject to hydrolysis) is 1. The Hall–Kier alpha value is -2.04. The summed E-state index contributed by atoms with van der Waals surface area (Å²) >= 11 is 0. The highest BCUT2D eigenvalue weighted by molar-refractivity contribution is 5.82. The van der Waals surface area contributed by atoms with E-state index in [1.54, 1.807) is 0 Å². The van der Waals surface area contributed by atoms with Gasteiger partial charge in [0.2, 0.25) is 5.91 Å². The standard InChI is InChI=1S/C18H28N2O3/c1-2-3-4-5-9-13-19-17(21)15-20-18(22)23-14-12-16-10-7-6-8-11-16/h6-8,10-11H,2-5,9,12-15H2,1H3,(H,19,21)(H,20,22). The van der Waals surface area contributed by atoms with E-state index in [1.165, 1.54) is 19.3 Å². The summed E-state index contributed by atoms with van der Waals surface area (Å²) in [5.74, 6) is -0.180. The van der Waals surface area contributed by atoms with Gasteiger partial charge in [-0.15, -0.1) is 0 Å². The number of hydrogen-bond acceptors (Lipinski definition) is 3. The van der Waals surface area contributed by atoms with E-state index in [9.17, 15) is 9.59 Å². The Labute approximate surface area is 138 Å². The fourth-order valence-corrected chi connectivity index (χ4v) is 2.13. The van der Waals surface area contributed by atoms with Crippen molar-refractivity contribution in [3.63, 3.8) is 0 Å². The first-order valence-corrected chi connectivity index (χ1v) is 8.43. The first-order valence-electron chi connectivity index (χ1n) is 8.43. The van der Waals surface area contributed by atoms with Crippen LogP contribution in [0.3, 0.4) is 0 Å². The van der Waals surface area contributed by atoms with Crippen LogP contribution in [0.2, 0.25) is 0 Å². The van der Waals surface area contributed by atoms with Crippen molar-refractivity contribution in [3.05, 3.63) is 35.9 Å². The molecule has 0 unspecified atom stereocenters. The van der Waals surface area contributed by atoms with Crippen molar-refractivity contribution in [1.29, 1.82) is 0 Å². The van der Waals surface area contributed by atoms with E-state index < -0.39 is 6.09 Å². The monoisotopic (exact) mass is 320 g/mol. The van der Waals surface area contributed by atoms with E-state index in [-0.39, 0.29) is 12.5 Å². The topological polar surface area (TPSA) is 67.4 Å². The molecule has 0 saturated carbocycles. The van der Waals surface area contributed by atoms with Crippen molar-refractivity contribution in [1.82, 2.24) is 10.6 Å². The number of carbonyl (C=O) groups excluding carboxylic acids is 2. The Balaban J connectivity index is 1.99. The van der Waals surface area contributed by atoms with E-state index in [4.69, 9.17) is 4.74 Å². The maximum atomic E-state index is 11.6. The van der Waals surface area contributed by atoms with Gasteiger partial charge in [0.1, 0.15) is 0 Å². The van der Waals surface area contributed by atoms with Gasteiger partial charge in [-0.3, -0.25) is 4.79 Å². The summed E-state index contributed by atoms with van der Waals surface area (Å²) < 4.78 is 5.04. The highest BCUT2D eigenvalue weighted by Gasteiger charge is 2.05. The van der Waals surface area contributed by atoms with Crippen LogP contribution < -0.4 is 10.6 Å². The van der Waals surface area contributed by atoms with Gasteiger partial charge in [-0.1, -0.05) is 62.9 Å².